The van der Waals surface area contributed by atoms with E-state index in [1.807, 2.05) is 18.2 Å². The van der Waals surface area contributed by atoms with Crippen LogP contribution in [0.1, 0.15) is 16.1 Å². The highest BCUT2D eigenvalue weighted by molar-refractivity contribution is 9.10. The number of carbonyl (C=O) groups excluding carboxylic acids is 2. The van der Waals surface area contributed by atoms with Gasteiger partial charge in [0.2, 0.25) is 0 Å². The highest BCUT2D eigenvalue weighted by atomic mass is 79.9. The fraction of sp³-hybridized carbons (Fsp3) is 0.158. The molecular weight excluding hydrogens is 428 g/mol. The molecular formula is C19H17BrN4O4. The van der Waals surface area contributed by atoms with Gasteiger partial charge in [-0.15, -0.1) is 0 Å². The minimum Gasteiger partial charge on any atom is -0.452 e. The Morgan fingerprint density at radius 1 is 1.21 bits per heavy atom. The maximum absolute atomic E-state index is 12.7. The minimum absolute atomic E-state index is 0.136. The van der Waals surface area contributed by atoms with E-state index in [2.05, 4.69) is 26.2 Å². The largest absolute Gasteiger partial charge is 0.452 e. The average Bonchev–Trinajstić information content (AvgIpc) is 2.90. The lowest BCUT2D eigenvalue weighted by atomic mass is 10.3. The third-order valence-electron chi connectivity index (χ3n) is 4.09. The molecule has 144 valence electrons. The SMILES string of the molecule is Cc1c(NC(=O)COC(=O)c2cncc(Br)c2)c(=O)n(-c2ccccc2)n1C. The molecule has 0 spiro atoms. The van der Waals surface area contributed by atoms with Crippen molar-refractivity contribution in [3.63, 3.8) is 0 Å². The van der Waals surface area contributed by atoms with Crippen molar-refractivity contribution in [1.29, 1.82) is 0 Å². The molecule has 0 bridgehead atoms. The lowest BCUT2D eigenvalue weighted by Gasteiger charge is -2.07. The second kappa shape index (κ2) is 8.22. The van der Waals surface area contributed by atoms with Crippen molar-refractivity contribution in [3.05, 3.63) is 74.9 Å². The molecule has 0 unspecified atom stereocenters. The van der Waals surface area contributed by atoms with Gasteiger partial charge >= 0.3 is 5.97 Å². The first-order valence-electron chi connectivity index (χ1n) is 8.30. The summed E-state index contributed by atoms with van der Waals surface area (Å²) in [6.07, 6.45) is 2.87. The smallest absolute Gasteiger partial charge is 0.340 e. The molecule has 1 N–H and O–H groups in total. The maximum atomic E-state index is 12.7. The number of para-hydroxylation sites is 1. The molecule has 0 atom stereocenters. The van der Waals surface area contributed by atoms with E-state index in [4.69, 9.17) is 4.74 Å². The summed E-state index contributed by atoms with van der Waals surface area (Å²) in [5.74, 6) is -1.29. The van der Waals surface area contributed by atoms with Crippen molar-refractivity contribution >= 4 is 33.5 Å². The molecule has 8 nitrogen and oxygen atoms in total. The van der Waals surface area contributed by atoms with Crippen molar-refractivity contribution < 1.29 is 14.3 Å². The number of nitrogens with one attached hydrogen (secondary N) is 1. The van der Waals surface area contributed by atoms with E-state index < -0.39 is 18.5 Å². The predicted octanol–water partition coefficient (Wildman–Crippen LogP) is 2.44. The lowest BCUT2D eigenvalue weighted by molar-refractivity contribution is -0.119. The average molecular weight is 445 g/mol. The third-order valence-corrected chi connectivity index (χ3v) is 4.53. The van der Waals surface area contributed by atoms with Crippen LogP contribution in [-0.4, -0.2) is 32.8 Å². The Morgan fingerprint density at radius 3 is 2.61 bits per heavy atom. The number of carbonyl (C=O) groups is 2. The van der Waals surface area contributed by atoms with Crippen molar-refractivity contribution in [2.75, 3.05) is 11.9 Å². The summed E-state index contributed by atoms with van der Waals surface area (Å²) in [4.78, 5) is 40.8. The van der Waals surface area contributed by atoms with Crippen LogP contribution in [-0.2, 0) is 16.6 Å². The topological polar surface area (TPSA) is 95.2 Å². The van der Waals surface area contributed by atoms with Crippen LogP contribution >= 0.6 is 15.9 Å². The summed E-state index contributed by atoms with van der Waals surface area (Å²) >= 11 is 3.21. The number of benzene rings is 1. The third kappa shape index (κ3) is 4.04. The highest BCUT2D eigenvalue weighted by Crippen LogP contribution is 2.14. The molecule has 1 aromatic carbocycles. The van der Waals surface area contributed by atoms with Crippen LogP contribution in [0.3, 0.4) is 0 Å². The summed E-state index contributed by atoms with van der Waals surface area (Å²) in [5, 5.41) is 2.53. The minimum atomic E-state index is -0.685. The molecule has 1 amide bonds. The molecule has 0 saturated heterocycles. The van der Waals surface area contributed by atoms with Crippen LogP contribution in [0.25, 0.3) is 5.69 Å². The first-order valence-corrected chi connectivity index (χ1v) is 9.09. The first-order chi connectivity index (χ1) is 13.4. The molecule has 0 aliphatic heterocycles. The molecule has 0 aliphatic rings. The Kier molecular flexibility index (Phi) is 5.74. The molecule has 0 fully saturated rings. The van der Waals surface area contributed by atoms with Crippen LogP contribution in [0.15, 0.2) is 58.1 Å². The Bertz CT molecular complexity index is 1090. The standard InChI is InChI=1S/C19H17BrN4O4/c1-12-17(18(26)24(23(12)2)15-6-4-3-5-7-15)22-16(25)11-28-19(27)13-8-14(20)10-21-9-13/h3-10H,11H2,1-2H3,(H,22,25). The first kappa shape index (κ1) is 19.6. The lowest BCUT2D eigenvalue weighted by Crippen LogP contribution is -2.25. The molecule has 9 heteroatoms. The van der Waals surface area contributed by atoms with Gasteiger partial charge < -0.3 is 10.1 Å². The zero-order valence-electron chi connectivity index (χ0n) is 15.2. The second-order valence-electron chi connectivity index (χ2n) is 5.95. The van der Waals surface area contributed by atoms with Crippen LogP contribution in [0.2, 0.25) is 0 Å². The fourth-order valence-corrected chi connectivity index (χ4v) is 2.99. The van der Waals surface area contributed by atoms with Gasteiger partial charge in [0.1, 0.15) is 5.69 Å². The Balaban J connectivity index is 1.73. The molecule has 2 aromatic heterocycles. The van der Waals surface area contributed by atoms with Gasteiger partial charge in [-0.25, -0.2) is 9.48 Å². The molecule has 0 saturated carbocycles. The molecule has 0 radical (unpaired) electrons. The Morgan fingerprint density at radius 2 is 1.93 bits per heavy atom. The van der Waals surface area contributed by atoms with Crippen molar-refractivity contribution in [2.45, 2.75) is 6.92 Å². The number of hydrogen-bond donors (Lipinski definition) is 1. The van der Waals surface area contributed by atoms with Gasteiger partial charge in [0.15, 0.2) is 6.61 Å². The van der Waals surface area contributed by atoms with Gasteiger partial charge in [-0.05, 0) is 41.1 Å². The molecule has 0 aliphatic carbocycles. The van der Waals surface area contributed by atoms with Gasteiger partial charge in [-0.2, -0.15) is 0 Å². The maximum Gasteiger partial charge on any atom is 0.340 e. The summed E-state index contributed by atoms with van der Waals surface area (Å²) in [6, 6.07) is 10.6. The number of nitrogens with zero attached hydrogens (tertiary/aromatic N) is 3. The fourth-order valence-electron chi connectivity index (χ4n) is 2.63. The number of esters is 1. The van der Waals surface area contributed by atoms with Crippen molar-refractivity contribution in [1.82, 2.24) is 14.3 Å². The van der Waals surface area contributed by atoms with E-state index in [0.717, 1.165) is 0 Å². The number of anilines is 1. The number of halogens is 1. The summed E-state index contributed by atoms with van der Waals surface area (Å²) in [5.41, 5.74) is 1.22. The number of hydrogen-bond acceptors (Lipinski definition) is 5. The number of rotatable bonds is 5. The number of pyridine rings is 1. The zero-order valence-corrected chi connectivity index (χ0v) is 16.8. The van der Waals surface area contributed by atoms with Gasteiger partial charge in [-0.1, -0.05) is 18.2 Å². The summed E-state index contributed by atoms with van der Waals surface area (Å²) in [6.45, 7) is 1.19. The highest BCUT2D eigenvalue weighted by Gasteiger charge is 2.19. The van der Waals surface area contributed by atoms with Crippen LogP contribution in [0, 0.1) is 6.92 Å². The second-order valence-corrected chi connectivity index (χ2v) is 6.87. The van der Waals surface area contributed by atoms with Gasteiger partial charge in [-0.3, -0.25) is 19.3 Å². The number of amides is 1. The van der Waals surface area contributed by atoms with Gasteiger partial charge in [0.25, 0.3) is 11.5 Å². The Hall–Kier alpha value is -3.20. The van der Waals surface area contributed by atoms with Crippen LogP contribution in [0.5, 0.6) is 0 Å². The monoisotopic (exact) mass is 444 g/mol. The van der Waals surface area contributed by atoms with E-state index in [1.54, 1.807) is 30.8 Å². The van der Waals surface area contributed by atoms with Crippen molar-refractivity contribution in [3.8, 4) is 5.69 Å². The molecule has 28 heavy (non-hydrogen) atoms. The van der Waals surface area contributed by atoms with E-state index in [0.29, 0.717) is 15.9 Å². The number of aromatic nitrogens is 3. The predicted molar refractivity (Wildman–Crippen MR) is 107 cm³/mol. The van der Waals surface area contributed by atoms with E-state index in [1.165, 1.54) is 23.1 Å². The van der Waals surface area contributed by atoms with Crippen LogP contribution < -0.4 is 10.9 Å². The Labute approximate surface area is 168 Å². The van der Waals surface area contributed by atoms with Gasteiger partial charge in [0, 0.05) is 23.9 Å². The zero-order chi connectivity index (χ0) is 20.3. The number of ether oxygens (including phenoxy) is 1. The quantitative estimate of drug-likeness (QED) is 0.609. The van der Waals surface area contributed by atoms with E-state index in [9.17, 15) is 14.4 Å². The normalized spacial score (nSPS) is 10.5. The summed E-state index contributed by atoms with van der Waals surface area (Å²) < 4.78 is 8.70. The molecule has 3 rings (SSSR count). The van der Waals surface area contributed by atoms with Crippen molar-refractivity contribution in [2.24, 2.45) is 7.05 Å². The van der Waals surface area contributed by atoms with Crippen LogP contribution in [0.4, 0.5) is 5.69 Å². The summed E-state index contributed by atoms with van der Waals surface area (Å²) in [7, 11) is 1.72. The van der Waals surface area contributed by atoms with E-state index in [-0.39, 0.29) is 16.8 Å². The molecule has 3 aromatic rings. The molecule has 2 heterocycles. The van der Waals surface area contributed by atoms with Gasteiger partial charge in [0.05, 0.1) is 16.9 Å². The van der Waals surface area contributed by atoms with E-state index >= 15 is 0 Å².